The van der Waals surface area contributed by atoms with Gasteiger partial charge in [0.2, 0.25) is 10.0 Å². The first-order valence-electron chi connectivity index (χ1n) is 6.65. The molecule has 104 valence electrons. The van der Waals surface area contributed by atoms with Gasteiger partial charge in [-0.2, -0.15) is 0 Å². The molecule has 2 unspecified atom stereocenters. The predicted molar refractivity (Wildman–Crippen MR) is 73.4 cm³/mol. The molecular weight excluding hydrogens is 236 g/mol. The highest BCUT2D eigenvalue weighted by Gasteiger charge is 2.19. The zero-order valence-corrected chi connectivity index (χ0v) is 12.2. The SMILES string of the molecule is CCCCC(CN)NS(=O)(=O)CC(C)CCC. The predicted octanol–water partition coefficient (Wildman–Crippen LogP) is 1.86. The first-order chi connectivity index (χ1) is 7.95. The smallest absolute Gasteiger partial charge is 0.212 e. The lowest BCUT2D eigenvalue weighted by Gasteiger charge is -2.18. The van der Waals surface area contributed by atoms with E-state index in [9.17, 15) is 8.42 Å². The van der Waals surface area contributed by atoms with E-state index in [0.29, 0.717) is 6.54 Å². The van der Waals surface area contributed by atoms with Crippen molar-refractivity contribution in [2.45, 2.75) is 58.9 Å². The third kappa shape index (κ3) is 8.57. The van der Waals surface area contributed by atoms with E-state index in [-0.39, 0.29) is 17.7 Å². The average Bonchev–Trinajstić information content (AvgIpc) is 2.23. The molecule has 0 aliphatic rings. The van der Waals surface area contributed by atoms with Gasteiger partial charge >= 0.3 is 0 Å². The van der Waals surface area contributed by atoms with Crippen molar-refractivity contribution in [1.29, 1.82) is 0 Å². The number of hydrogen-bond donors (Lipinski definition) is 2. The first-order valence-corrected chi connectivity index (χ1v) is 8.30. The number of hydrogen-bond acceptors (Lipinski definition) is 3. The Morgan fingerprint density at radius 1 is 1.18 bits per heavy atom. The molecule has 0 radical (unpaired) electrons. The summed E-state index contributed by atoms with van der Waals surface area (Å²) in [5.74, 6) is 0.422. The Hall–Kier alpha value is -0.130. The fraction of sp³-hybridized carbons (Fsp3) is 1.00. The lowest BCUT2D eigenvalue weighted by Crippen LogP contribution is -2.42. The van der Waals surface area contributed by atoms with Crippen molar-refractivity contribution in [3.05, 3.63) is 0 Å². The molecule has 0 bridgehead atoms. The van der Waals surface area contributed by atoms with Gasteiger partial charge < -0.3 is 5.73 Å². The minimum atomic E-state index is -3.17. The molecule has 0 amide bonds. The fourth-order valence-corrected chi connectivity index (χ4v) is 3.66. The summed E-state index contributed by atoms with van der Waals surface area (Å²) in [5.41, 5.74) is 5.58. The minimum Gasteiger partial charge on any atom is -0.329 e. The molecule has 0 aromatic heterocycles. The molecule has 2 atom stereocenters. The Morgan fingerprint density at radius 3 is 2.29 bits per heavy atom. The van der Waals surface area contributed by atoms with E-state index in [1.54, 1.807) is 0 Å². The van der Waals surface area contributed by atoms with E-state index >= 15 is 0 Å². The molecule has 0 saturated carbocycles. The van der Waals surface area contributed by atoms with Crippen LogP contribution in [0.2, 0.25) is 0 Å². The maximum atomic E-state index is 11.9. The van der Waals surface area contributed by atoms with E-state index in [2.05, 4.69) is 18.6 Å². The molecule has 17 heavy (non-hydrogen) atoms. The maximum absolute atomic E-state index is 11.9. The molecule has 3 N–H and O–H groups in total. The van der Waals surface area contributed by atoms with Crippen LogP contribution in [-0.4, -0.2) is 26.8 Å². The van der Waals surface area contributed by atoms with Crippen LogP contribution < -0.4 is 10.5 Å². The van der Waals surface area contributed by atoms with Crippen molar-refractivity contribution < 1.29 is 8.42 Å². The number of sulfonamides is 1. The number of rotatable bonds is 10. The number of nitrogens with one attached hydrogen (secondary N) is 1. The van der Waals surface area contributed by atoms with E-state index in [1.807, 2.05) is 6.92 Å². The zero-order chi connectivity index (χ0) is 13.3. The largest absolute Gasteiger partial charge is 0.329 e. The van der Waals surface area contributed by atoms with E-state index in [0.717, 1.165) is 32.1 Å². The van der Waals surface area contributed by atoms with Crippen LogP contribution in [0, 0.1) is 5.92 Å². The molecule has 0 aliphatic heterocycles. The molecule has 0 fully saturated rings. The molecule has 0 aromatic carbocycles. The lowest BCUT2D eigenvalue weighted by molar-refractivity contribution is 0.500. The van der Waals surface area contributed by atoms with Crippen molar-refractivity contribution in [3.63, 3.8) is 0 Å². The van der Waals surface area contributed by atoms with Crippen LogP contribution in [-0.2, 0) is 10.0 Å². The van der Waals surface area contributed by atoms with Crippen molar-refractivity contribution in [2.24, 2.45) is 11.7 Å². The zero-order valence-electron chi connectivity index (χ0n) is 11.4. The van der Waals surface area contributed by atoms with Crippen LogP contribution in [0.25, 0.3) is 0 Å². The summed E-state index contributed by atoms with van der Waals surface area (Å²) in [7, 11) is -3.17. The third-order valence-electron chi connectivity index (χ3n) is 2.82. The highest BCUT2D eigenvalue weighted by atomic mass is 32.2. The quantitative estimate of drug-likeness (QED) is 0.632. The summed E-state index contributed by atoms with van der Waals surface area (Å²) < 4.78 is 26.5. The van der Waals surface area contributed by atoms with Crippen LogP contribution in [0.3, 0.4) is 0 Å². The van der Waals surface area contributed by atoms with Gasteiger partial charge in [0.15, 0.2) is 0 Å². The van der Waals surface area contributed by atoms with Crippen molar-refractivity contribution >= 4 is 10.0 Å². The van der Waals surface area contributed by atoms with Gasteiger partial charge in [0.1, 0.15) is 0 Å². The first kappa shape index (κ1) is 16.9. The van der Waals surface area contributed by atoms with E-state index < -0.39 is 10.0 Å². The topological polar surface area (TPSA) is 72.2 Å². The molecule has 0 aromatic rings. The van der Waals surface area contributed by atoms with Crippen LogP contribution in [0.4, 0.5) is 0 Å². The minimum absolute atomic E-state index is 0.103. The van der Waals surface area contributed by atoms with Gasteiger partial charge in [-0.25, -0.2) is 13.1 Å². The van der Waals surface area contributed by atoms with Gasteiger partial charge in [0.25, 0.3) is 0 Å². The molecule has 0 saturated heterocycles. The van der Waals surface area contributed by atoms with Crippen molar-refractivity contribution in [1.82, 2.24) is 4.72 Å². The lowest BCUT2D eigenvalue weighted by atomic mass is 10.1. The summed E-state index contributed by atoms with van der Waals surface area (Å²) in [5, 5.41) is 0. The average molecular weight is 264 g/mol. The van der Waals surface area contributed by atoms with Gasteiger partial charge in [0, 0.05) is 12.6 Å². The Bertz CT molecular complexity index is 278. The molecule has 0 aliphatic carbocycles. The third-order valence-corrected chi connectivity index (χ3v) is 4.52. The van der Waals surface area contributed by atoms with E-state index in [4.69, 9.17) is 5.73 Å². The van der Waals surface area contributed by atoms with Crippen LogP contribution in [0.15, 0.2) is 0 Å². The summed E-state index contributed by atoms with van der Waals surface area (Å²) in [6.45, 7) is 6.51. The van der Waals surface area contributed by atoms with Gasteiger partial charge in [-0.3, -0.25) is 0 Å². The van der Waals surface area contributed by atoms with Crippen LogP contribution >= 0.6 is 0 Å². The molecule has 5 heteroatoms. The molecule has 0 rings (SSSR count). The molecule has 0 spiro atoms. The van der Waals surface area contributed by atoms with Crippen molar-refractivity contribution in [3.8, 4) is 0 Å². The standard InChI is InChI=1S/C12H28N2O2S/c1-4-6-8-12(9-13)14-17(15,16)10-11(3)7-5-2/h11-12,14H,4-10,13H2,1-3H3. The Balaban J connectivity index is 4.21. The Kier molecular flexibility index (Phi) is 8.82. The number of unbranched alkanes of at least 4 members (excludes halogenated alkanes) is 1. The second-order valence-electron chi connectivity index (χ2n) is 4.87. The second-order valence-corrected chi connectivity index (χ2v) is 6.67. The highest BCUT2D eigenvalue weighted by molar-refractivity contribution is 7.89. The summed E-state index contributed by atoms with van der Waals surface area (Å²) in [6, 6.07) is -0.103. The molecule has 0 heterocycles. The number of nitrogens with two attached hydrogens (primary N) is 1. The van der Waals surface area contributed by atoms with Crippen molar-refractivity contribution in [2.75, 3.05) is 12.3 Å². The summed E-state index contributed by atoms with van der Waals surface area (Å²) in [6.07, 6.45) is 4.86. The fourth-order valence-electron chi connectivity index (χ4n) is 1.93. The van der Waals surface area contributed by atoms with Crippen LogP contribution in [0.1, 0.15) is 52.9 Å². The molecular formula is C12H28N2O2S. The van der Waals surface area contributed by atoms with Gasteiger partial charge in [-0.1, -0.05) is 40.0 Å². The summed E-state index contributed by atoms with van der Waals surface area (Å²) in [4.78, 5) is 0. The summed E-state index contributed by atoms with van der Waals surface area (Å²) >= 11 is 0. The van der Waals surface area contributed by atoms with Gasteiger partial charge in [0.05, 0.1) is 5.75 Å². The normalized spacial score (nSPS) is 15.8. The molecule has 4 nitrogen and oxygen atoms in total. The second kappa shape index (κ2) is 8.89. The Labute approximate surface area is 106 Å². The van der Waals surface area contributed by atoms with Gasteiger partial charge in [-0.15, -0.1) is 0 Å². The highest BCUT2D eigenvalue weighted by Crippen LogP contribution is 2.09. The van der Waals surface area contributed by atoms with Crippen LogP contribution in [0.5, 0.6) is 0 Å². The maximum Gasteiger partial charge on any atom is 0.212 e. The monoisotopic (exact) mass is 264 g/mol. The van der Waals surface area contributed by atoms with E-state index in [1.165, 1.54) is 0 Å². The van der Waals surface area contributed by atoms with Gasteiger partial charge in [-0.05, 0) is 18.8 Å². The Morgan fingerprint density at radius 2 is 1.82 bits per heavy atom.